The van der Waals surface area contributed by atoms with E-state index in [2.05, 4.69) is 12.2 Å². The van der Waals surface area contributed by atoms with Crippen LogP contribution in [0.3, 0.4) is 0 Å². The monoisotopic (exact) mass is 219 g/mol. The average Bonchev–Trinajstić information content (AvgIpc) is 2.75. The maximum atomic E-state index is 9.36. The molecular weight excluding hydrogens is 198 g/mol. The van der Waals surface area contributed by atoms with Gasteiger partial charge in [0.2, 0.25) is 0 Å². The molecule has 1 atom stereocenters. The van der Waals surface area contributed by atoms with E-state index in [0.29, 0.717) is 11.8 Å². The summed E-state index contributed by atoms with van der Waals surface area (Å²) in [5.74, 6) is 1.16. The molecule has 1 unspecified atom stereocenters. The molecule has 88 valence electrons. The summed E-state index contributed by atoms with van der Waals surface area (Å²) in [6.45, 7) is 4.30. The van der Waals surface area contributed by atoms with Crippen molar-refractivity contribution in [3.63, 3.8) is 0 Å². The third-order valence-electron chi connectivity index (χ3n) is 3.70. The number of anilines is 1. The van der Waals surface area contributed by atoms with Crippen LogP contribution in [0.15, 0.2) is 18.2 Å². The van der Waals surface area contributed by atoms with E-state index in [4.69, 9.17) is 0 Å². The summed E-state index contributed by atoms with van der Waals surface area (Å²) >= 11 is 0. The molecule has 1 saturated carbocycles. The molecule has 16 heavy (non-hydrogen) atoms. The molecule has 1 fully saturated rings. The normalized spacial score (nSPS) is 18.6. The molecule has 2 nitrogen and oxygen atoms in total. The molecule has 2 rings (SSSR count). The van der Waals surface area contributed by atoms with Crippen LogP contribution in [0.5, 0.6) is 5.75 Å². The van der Waals surface area contributed by atoms with E-state index >= 15 is 0 Å². The summed E-state index contributed by atoms with van der Waals surface area (Å²) in [5.41, 5.74) is 2.27. The lowest BCUT2D eigenvalue weighted by molar-refractivity contribution is 0.473. The van der Waals surface area contributed by atoms with Crippen molar-refractivity contribution in [1.82, 2.24) is 0 Å². The van der Waals surface area contributed by atoms with E-state index in [-0.39, 0.29) is 0 Å². The topological polar surface area (TPSA) is 32.3 Å². The van der Waals surface area contributed by atoms with Gasteiger partial charge >= 0.3 is 0 Å². The van der Waals surface area contributed by atoms with Gasteiger partial charge in [-0.15, -0.1) is 0 Å². The van der Waals surface area contributed by atoms with Gasteiger partial charge in [-0.25, -0.2) is 0 Å². The van der Waals surface area contributed by atoms with Crippen molar-refractivity contribution in [2.75, 3.05) is 5.32 Å². The van der Waals surface area contributed by atoms with Gasteiger partial charge in [0.15, 0.2) is 0 Å². The summed E-state index contributed by atoms with van der Waals surface area (Å²) in [7, 11) is 0. The van der Waals surface area contributed by atoms with Gasteiger partial charge in [0.1, 0.15) is 5.75 Å². The number of hydrogen-bond acceptors (Lipinski definition) is 2. The summed E-state index contributed by atoms with van der Waals surface area (Å²) < 4.78 is 0. The fourth-order valence-electron chi connectivity index (χ4n) is 2.63. The third-order valence-corrected chi connectivity index (χ3v) is 3.70. The van der Waals surface area contributed by atoms with Crippen LogP contribution in [-0.4, -0.2) is 11.1 Å². The number of hydrogen-bond donors (Lipinski definition) is 2. The molecular formula is C14H21NO. The summed E-state index contributed by atoms with van der Waals surface area (Å²) in [4.78, 5) is 0. The van der Waals surface area contributed by atoms with Crippen LogP contribution in [0.2, 0.25) is 0 Å². The van der Waals surface area contributed by atoms with E-state index in [1.54, 1.807) is 6.07 Å². The van der Waals surface area contributed by atoms with Gasteiger partial charge in [0.25, 0.3) is 0 Å². The highest BCUT2D eigenvalue weighted by atomic mass is 16.3. The molecule has 1 aliphatic carbocycles. The molecule has 2 N–H and O–H groups in total. The highest BCUT2D eigenvalue weighted by Gasteiger charge is 2.21. The Morgan fingerprint density at radius 2 is 2.00 bits per heavy atom. The Morgan fingerprint density at radius 1 is 1.31 bits per heavy atom. The number of aromatic hydroxyl groups is 1. The standard InChI is InChI=1S/C14H21NO/c1-10-9-13(16)7-8-14(10)15-11(2)12-5-3-4-6-12/h7-9,11-12,15-16H,3-6H2,1-2H3. The first-order valence-electron chi connectivity index (χ1n) is 6.23. The Morgan fingerprint density at radius 3 is 2.62 bits per heavy atom. The predicted octanol–water partition coefficient (Wildman–Crippen LogP) is 3.69. The minimum atomic E-state index is 0.344. The first kappa shape index (κ1) is 11.3. The van der Waals surface area contributed by atoms with E-state index in [1.165, 1.54) is 25.7 Å². The van der Waals surface area contributed by atoms with Gasteiger partial charge in [0.05, 0.1) is 0 Å². The van der Waals surface area contributed by atoms with E-state index < -0.39 is 0 Å². The fourth-order valence-corrected chi connectivity index (χ4v) is 2.63. The Kier molecular flexibility index (Phi) is 3.37. The maximum absolute atomic E-state index is 9.36. The van der Waals surface area contributed by atoms with Crippen LogP contribution in [-0.2, 0) is 0 Å². The number of rotatable bonds is 3. The zero-order valence-electron chi connectivity index (χ0n) is 10.2. The predicted molar refractivity (Wildman–Crippen MR) is 67.9 cm³/mol. The van der Waals surface area contributed by atoms with Crippen molar-refractivity contribution in [2.45, 2.75) is 45.6 Å². The first-order chi connectivity index (χ1) is 7.66. The molecule has 2 heteroatoms. The van der Waals surface area contributed by atoms with Gasteiger partial charge in [-0.2, -0.15) is 0 Å². The van der Waals surface area contributed by atoms with E-state index in [0.717, 1.165) is 17.2 Å². The second-order valence-electron chi connectivity index (χ2n) is 4.98. The Labute approximate surface area is 97.7 Å². The second kappa shape index (κ2) is 4.77. The lowest BCUT2D eigenvalue weighted by Gasteiger charge is -2.22. The number of nitrogens with one attached hydrogen (secondary N) is 1. The first-order valence-corrected chi connectivity index (χ1v) is 6.23. The van der Waals surface area contributed by atoms with Crippen molar-refractivity contribution in [3.05, 3.63) is 23.8 Å². The van der Waals surface area contributed by atoms with Crippen molar-refractivity contribution in [2.24, 2.45) is 5.92 Å². The van der Waals surface area contributed by atoms with Gasteiger partial charge in [-0.05, 0) is 56.4 Å². The SMILES string of the molecule is Cc1cc(O)ccc1NC(C)C1CCCC1. The van der Waals surface area contributed by atoms with Crippen LogP contribution in [0.4, 0.5) is 5.69 Å². The van der Waals surface area contributed by atoms with Gasteiger partial charge in [-0.1, -0.05) is 12.8 Å². The zero-order valence-corrected chi connectivity index (χ0v) is 10.2. The third kappa shape index (κ3) is 2.49. The van der Waals surface area contributed by atoms with Crippen molar-refractivity contribution in [3.8, 4) is 5.75 Å². The molecule has 0 radical (unpaired) electrons. The molecule has 0 aromatic heterocycles. The largest absolute Gasteiger partial charge is 0.508 e. The quantitative estimate of drug-likeness (QED) is 0.760. The molecule has 0 spiro atoms. The molecule has 0 saturated heterocycles. The second-order valence-corrected chi connectivity index (χ2v) is 4.98. The van der Waals surface area contributed by atoms with Crippen molar-refractivity contribution < 1.29 is 5.11 Å². The minimum Gasteiger partial charge on any atom is -0.508 e. The molecule has 1 aromatic carbocycles. The van der Waals surface area contributed by atoms with Gasteiger partial charge in [0, 0.05) is 11.7 Å². The van der Waals surface area contributed by atoms with Gasteiger partial charge < -0.3 is 10.4 Å². The summed E-state index contributed by atoms with van der Waals surface area (Å²) in [6, 6.07) is 6.06. The smallest absolute Gasteiger partial charge is 0.115 e. The fraction of sp³-hybridized carbons (Fsp3) is 0.571. The Hall–Kier alpha value is -1.18. The summed E-state index contributed by atoms with van der Waals surface area (Å²) in [5, 5.41) is 12.9. The molecule has 0 bridgehead atoms. The highest BCUT2D eigenvalue weighted by Crippen LogP contribution is 2.30. The lowest BCUT2D eigenvalue weighted by atomic mass is 9.99. The van der Waals surface area contributed by atoms with Crippen LogP contribution < -0.4 is 5.32 Å². The highest BCUT2D eigenvalue weighted by molar-refractivity contribution is 5.53. The molecule has 0 aliphatic heterocycles. The summed E-state index contributed by atoms with van der Waals surface area (Å²) in [6.07, 6.45) is 5.47. The Balaban J connectivity index is 2.02. The van der Waals surface area contributed by atoms with Crippen molar-refractivity contribution in [1.29, 1.82) is 0 Å². The van der Waals surface area contributed by atoms with Crippen molar-refractivity contribution >= 4 is 5.69 Å². The molecule has 0 amide bonds. The average molecular weight is 219 g/mol. The number of aryl methyl sites for hydroxylation is 1. The van der Waals surface area contributed by atoms with Gasteiger partial charge in [-0.3, -0.25) is 0 Å². The van der Waals surface area contributed by atoms with Crippen LogP contribution in [0.25, 0.3) is 0 Å². The number of phenolic OH excluding ortho intramolecular Hbond substituents is 1. The van der Waals surface area contributed by atoms with Crippen LogP contribution in [0, 0.1) is 12.8 Å². The van der Waals surface area contributed by atoms with Crippen LogP contribution >= 0.6 is 0 Å². The zero-order chi connectivity index (χ0) is 11.5. The number of benzene rings is 1. The lowest BCUT2D eigenvalue weighted by Crippen LogP contribution is -2.24. The maximum Gasteiger partial charge on any atom is 0.115 e. The van der Waals surface area contributed by atoms with E-state index in [9.17, 15) is 5.11 Å². The molecule has 0 heterocycles. The van der Waals surface area contributed by atoms with Crippen LogP contribution in [0.1, 0.15) is 38.2 Å². The minimum absolute atomic E-state index is 0.344. The number of phenols is 1. The molecule has 1 aromatic rings. The van der Waals surface area contributed by atoms with E-state index in [1.807, 2.05) is 19.1 Å². The Bertz CT molecular complexity index is 356. The molecule has 1 aliphatic rings.